The molecular formula is C20H22N4O2S. The van der Waals surface area contributed by atoms with Crippen LogP contribution in [-0.4, -0.2) is 19.9 Å². The molecule has 3 aromatic rings. The van der Waals surface area contributed by atoms with E-state index in [9.17, 15) is 10.0 Å². The first kappa shape index (κ1) is 19.0. The molecule has 140 valence electrons. The minimum Gasteiger partial charge on any atom is -0.508 e. The predicted octanol–water partition coefficient (Wildman–Crippen LogP) is 5.95. The zero-order valence-corrected chi connectivity index (χ0v) is 16.5. The summed E-state index contributed by atoms with van der Waals surface area (Å²) >= 11 is 5.54. The average Bonchev–Trinajstić information content (AvgIpc) is 3.01. The lowest BCUT2D eigenvalue weighted by Crippen LogP contribution is -2.08. The lowest BCUT2D eigenvalue weighted by Gasteiger charge is -2.21. The third-order valence-corrected chi connectivity index (χ3v) is 4.83. The quantitative estimate of drug-likeness (QED) is 0.422. The van der Waals surface area contributed by atoms with Gasteiger partial charge in [-0.3, -0.25) is 9.67 Å². The second-order valence-corrected chi connectivity index (χ2v) is 7.46. The highest BCUT2D eigenvalue weighted by atomic mass is 32.1. The molecule has 0 aliphatic carbocycles. The molecular weight excluding hydrogens is 360 g/mol. The van der Waals surface area contributed by atoms with Gasteiger partial charge in [0.2, 0.25) is 0 Å². The predicted molar refractivity (Wildman–Crippen MR) is 109 cm³/mol. The van der Waals surface area contributed by atoms with Crippen LogP contribution in [-0.2, 0) is 0 Å². The summed E-state index contributed by atoms with van der Waals surface area (Å²) < 4.78 is 2.30. The fourth-order valence-electron chi connectivity index (χ4n) is 3.24. The number of phenols is 1. The summed E-state index contributed by atoms with van der Waals surface area (Å²) in [6.45, 7) is 8.52. The molecule has 0 spiro atoms. The van der Waals surface area contributed by atoms with Crippen molar-refractivity contribution in [2.75, 3.05) is 0 Å². The molecule has 6 nitrogen and oxygen atoms in total. The fraction of sp³-hybridized carbons (Fsp3) is 0.300. The summed E-state index contributed by atoms with van der Waals surface area (Å²) in [5.41, 5.74) is 3.86. The number of phenolic OH excluding ortho intramolecular Hbond substituents is 1. The van der Waals surface area contributed by atoms with Gasteiger partial charge in [-0.1, -0.05) is 45.9 Å². The van der Waals surface area contributed by atoms with E-state index in [-0.39, 0.29) is 23.3 Å². The molecule has 0 radical (unpaired) electrons. The minimum absolute atomic E-state index is 0.0283. The molecule has 0 aliphatic rings. The molecule has 1 heterocycles. The first-order chi connectivity index (χ1) is 12.8. The van der Waals surface area contributed by atoms with Crippen LogP contribution in [0.4, 0.5) is 5.69 Å². The molecule has 2 N–H and O–H groups in total. The van der Waals surface area contributed by atoms with Gasteiger partial charge in [-0.2, -0.15) is 5.10 Å². The Labute approximate surface area is 162 Å². The molecule has 0 amide bonds. The molecule has 0 fully saturated rings. The molecule has 2 aromatic carbocycles. The van der Waals surface area contributed by atoms with Gasteiger partial charge >= 0.3 is 0 Å². The first-order valence-corrected chi connectivity index (χ1v) is 9.23. The first-order valence-electron chi connectivity index (χ1n) is 8.82. The number of rotatable bonds is 5. The second kappa shape index (κ2) is 7.44. The highest BCUT2D eigenvalue weighted by Gasteiger charge is 2.22. The van der Waals surface area contributed by atoms with Gasteiger partial charge in [-0.25, -0.2) is 0 Å². The standard InChI is InChI=1S/C20H22N4O2S/c1-11(2)14-6-5-7-15(12(3)4)18(14)24-19(21-22-20(24)27)16-9-8-13(25)10-17(16)23-26/h5-12,25H,1-4H3,(H,22,27). The van der Waals surface area contributed by atoms with Gasteiger partial charge in [-0.05, 0) is 52.5 Å². The zero-order chi connectivity index (χ0) is 19.7. The molecule has 0 saturated heterocycles. The Morgan fingerprint density at radius 2 is 1.74 bits per heavy atom. The molecule has 0 unspecified atom stereocenters. The number of H-pyrrole nitrogens is 1. The summed E-state index contributed by atoms with van der Waals surface area (Å²) in [6.07, 6.45) is 0. The summed E-state index contributed by atoms with van der Waals surface area (Å²) in [5.74, 6) is 1.00. The van der Waals surface area contributed by atoms with Crippen LogP contribution in [0, 0.1) is 9.68 Å². The highest BCUT2D eigenvalue weighted by Crippen LogP contribution is 2.37. The number of hydrogen-bond donors (Lipinski definition) is 2. The van der Waals surface area contributed by atoms with Gasteiger partial charge in [0.25, 0.3) is 0 Å². The van der Waals surface area contributed by atoms with E-state index in [4.69, 9.17) is 12.2 Å². The van der Waals surface area contributed by atoms with E-state index in [1.807, 2.05) is 4.57 Å². The van der Waals surface area contributed by atoms with E-state index in [1.165, 1.54) is 12.1 Å². The Hall–Kier alpha value is -2.80. The lowest BCUT2D eigenvalue weighted by molar-refractivity contribution is 0.475. The van der Waals surface area contributed by atoms with Gasteiger partial charge in [0.1, 0.15) is 11.4 Å². The molecule has 7 heteroatoms. The van der Waals surface area contributed by atoms with Crippen LogP contribution in [0.5, 0.6) is 5.75 Å². The maximum absolute atomic E-state index is 11.3. The Balaban J connectivity index is 2.39. The van der Waals surface area contributed by atoms with Gasteiger partial charge in [0.15, 0.2) is 10.6 Å². The molecule has 27 heavy (non-hydrogen) atoms. The number of nitrogens with zero attached hydrogens (tertiary/aromatic N) is 3. The second-order valence-electron chi connectivity index (χ2n) is 7.07. The molecule has 0 bridgehead atoms. The number of benzene rings is 2. The Morgan fingerprint density at radius 1 is 1.11 bits per heavy atom. The van der Waals surface area contributed by atoms with Crippen LogP contribution in [0.15, 0.2) is 41.6 Å². The van der Waals surface area contributed by atoms with Crippen LogP contribution >= 0.6 is 12.2 Å². The monoisotopic (exact) mass is 382 g/mol. The van der Waals surface area contributed by atoms with Crippen molar-refractivity contribution in [2.24, 2.45) is 5.18 Å². The number of aromatic amines is 1. The van der Waals surface area contributed by atoms with E-state index in [0.29, 0.717) is 16.2 Å². The van der Waals surface area contributed by atoms with Crippen LogP contribution in [0.25, 0.3) is 17.1 Å². The third kappa shape index (κ3) is 3.42. The number of aromatic nitrogens is 3. The third-order valence-electron chi connectivity index (χ3n) is 4.56. The van der Waals surface area contributed by atoms with Crippen molar-refractivity contribution in [1.29, 1.82) is 0 Å². The lowest BCUT2D eigenvalue weighted by atomic mass is 9.92. The van der Waals surface area contributed by atoms with Crippen molar-refractivity contribution in [1.82, 2.24) is 14.8 Å². The van der Waals surface area contributed by atoms with E-state index in [1.54, 1.807) is 6.07 Å². The van der Waals surface area contributed by atoms with Crippen LogP contribution in [0.3, 0.4) is 0 Å². The molecule has 3 rings (SSSR count). The summed E-state index contributed by atoms with van der Waals surface area (Å²) in [5, 5.41) is 20.0. The van der Waals surface area contributed by atoms with Gasteiger partial charge in [-0.15, -0.1) is 4.91 Å². The molecule has 0 saturated carbocycles. The fourth-order valence-corrected chi connectivity index (χ4v) is 3.46. The maximum Gasteiger partial charge on any atom is 0.200 e. The SMILES string of the molecule is CC(C)c1cccc(C(C)C)c1-n1c(-c2ccc(O)cc2N=O)n[nH]c1=S. The van der Waals surface area contributed by atoms with E-state index in [0.717, 1.165) is 16.8 Å². The highest BCUT2D eigenvalue weighted by molar-refractivity contribution is 7.71. The number of nitrogens with one attached hydrogen (secondary N) is 1. The van der Waals surface area contributed by atoms with Crippen molar-refractivity contribution in [3.05, 3.63) is 57.2 Å². The van der Waals surface area contributed by atoms with Crippen LogP contribution in [0.2, 0.25) is 0 Å². The zero-order valence-electron chi connectivity index (χ0n) is 15.7. The molecule has 0 atom stereocenters. The number of nitroso groups, excluding NO2 is 1. The van der Waals surface area contributed by atoms with Crippen molar-refractivity contribution in [2.45, 2.75) is 39.5 Å². The normalized spacial score (nSPS) is 11.3. The Kier molecular flexibility index (Phi) is 5.23. The minimum atomic E-state index is -0.0283. The van der Waals surface area contributed by atoms with E-state index in [2.05, 4.69) is 61.3 Å². The van der Waals surface area contributed by atoms with Gasteiger partial charge < -0.3 is 5.11 Å². The van der Waals surface area contributed by atoms with Crippen molar-refractivity contribution in [3.63, 3.8) is 0 Å². The number of aromatic hydroxyl groups is 1. The average molecular weight is 382 g/mol. The van der Waals surface area contributed by atoms with Gasteiger partial charge in [0, 0.05) is 11.6 Å². The van der Waals surface area contributed by atoms with Crippen molar-refractivity contribution < 1.29 is 5.11 Å². The van der Waals surface area contributed by atoms with Crippen LogP contribution in [0.1, 0.15) is 50.7 Å². The van der Waals surface area contributed by atoms with Crippen molar-refractivity contribution in [3.8, 4) is 22.8 Å². The summed E-state index contributed by atoms with van der Waals surface area (Å²) in [4.78, 5) is 11.3. The van der Waals surface area contributed by atoms with Crippen LogP contribution < -0.4 is 0 Å². The van der Waals surface area contributed by atoms with Gasteiger partial charge in [0.05, 0.1) is 5.69 Å². The molecule has 1 aromatic heterocycles. The smallest absolute Gasteiger partial charge is 0.200 e. The summed E-state index contributed by atoms with van der Waals surface area (Å²) in [6, 6.07) is 10.7. The maximum atomic E-state index is 11.3. The summed E-state index contributed by atoms with van der Waals surface area (Å²) in [7, 11) is 0. The topological polar surface area (TPSA) is 83.3 Å². The van der Waals surface area contributed by atoms with E-state index < -0.39 is 0 Å². The number of hydrogen-bond acceptors (Lipinski definition) is 5. The Bertz CT molecular complexity index is 1020. The van der Waals surface area contributed by atoms with E-state index >= 15 is 0 Å². The van der Waals surface area contributed by atoms with Crippen molar-refractivity contribution >= 4 is 17.9 Å². The Morgan fingerprint density at radius 3 is 2.30 bits per heavy atom. The number of para-hydroxylation sites is 1. The molecule has 0 aliphatic heterocycles. The largest absolute Gasteiger partial charge is 0.508 e.